The first kappa shape index (κ1) is 15.3. The van der Waals surface area contributed by atoms with Crippen LogP contribution < -0.4 is 4.90 Å². The molecule has 5 nitrogen and oxygen atoms in total. The van der Waals surface area contributed by atoms with Gasteiger partial charge in [0.1, 0.15) is 12.6 Å². The molecule has 1 N–H and O–H groups in total. The first-order valence-electron chi connectivity index (χ1n) is 7.61. The molecule has 1 aromatic carbocycles. The first-order chi connectivity index (χ1) is 11.0. The molecule has 1 aliphatic carbocycles. The van der Waals surface area contributed by atoms with Crippen molar-refractivity contribution in [1.82, 2.24) is 0 Å². The quantitative estimate of drug-likeness (QED) is 0.870. The molecule has 1 aromatic rings. The number of aliphatic carboxylic acids is 1. The SMILES string of the molecule is C=CCOC(=O)N1c2ccc(C)cc2[C@H]2C=CC[C@H]2[C@H]1C(=O)O. The van der Waals surface area contributed by atoms with Crippen molar-refractivity contribution in [3.8, 4) is 0 Å². The van der Waals surface area contributed by atoms with Gasteiger partial charge in [-0.1, -0.05) is 42.5 Å². The number of nitrogens with zero attached hydrogens (tertiary/aromatic N) is 1. The Bertz CT molecular complexity index is 694. The van der Waals surface area contributed by atoms with Crippen molar-refractivity contribution in [3.63, 3.8) is 0 Å². The minimum absolute atomic E-state index is 0.0226. The molecule has 120 valence electrons. The number of carboxylic acids is 1. The molecule has 23 heavy (non-hydrogen) atoms. The molecule has 3 atom stereocenters. The topological polar surface area (TPSA) is 66.8 Å². The molecule has 1 heterocycles. The summed E-state index contributed by atoms with van der Waals surface area (Å²) in [6, 6.07) is 4.78. The number of hydrogen-bond donors (Lipinski definition) is 1. The highest BCUT2D eigenvalue weighted by molar-refractivity contribution is 5.97. The zero-order valence-electron chi connectivity index (χ0n) is 12.9. The molecule has 0 saturated heterocycles. The number of hydrogen-bond acceptors (Lipinski definition) is 3. The normalized spacial score (nSPS) is 24.7. The molecule has 5 heteroatoms. The van der Waals surface area contributed by atoms with Crippen molar-refractivity contribution in [2.24, 2.45) is 5.92 Å². The molecule has 0 bridgehead atoms. The summed E-state index contributed by atoms with van der Waals surface area (Å²) in [5, 5.41) is 9.71. The van der Waals surface area contributed by atoms with Gasteiger partial charge in [0.05, 0.1) is 5.69 Å². The van der Waals surface area contributed by atoms with Crippen molar-refractivity contribution < 1.29 is 19.4 Å². The second-order valence-electron chi connectivity index (χ2n) is 5.93. The third-order valence-corrected chi connectivity index (χ3v) is 4.47. The summed E-state index contributed by atoms with van der Waals surface area (Å²) in [6.07, 6.45) is 5.50. The minimum Gasteiger partial charge on any atom is -0.480 e. The van der Waals surface area contributed by atoms with Crippen LogP contribution in [0.15, 0.2) is 43.0 Å². The summed E-state index contributed by atoms with van der Waals surface area (Å²) in [5.74, 6) is -1.15. The summed E-state index contributed by atoms with van der Waals surface area (Å²) in [5.41, 5.74) is 2.68. The van der Waals surface area contributed by atoms with Crippen molar-refractivity contribution in [2.75, 3.05) is 11.5 Å². The van der Waals surface area contributed by atoms with Gasteiger partial charge in [0.2, 0.25) is 0 Å². The van der Waals surface area contributed by atoms with Crippen molar-refractivity contribution >= 4 is 17.7 Å². The van der Waals surface area contributed by atoms with Crippen LogP contribution in [0.3, 0.4) is 0 Å². The van der Waals surface area contributed by atoms with E-state index in [4.69, 9.17) is 4.74 Å². The van der Waals surface area contributed by atoms with E-state index in [0.29, 0.717) is 12.1 Å². The van der Waals surface area contributed by atoms with Gasteiger partial charge in [0.15, 0.2) is 0 Å². The molecule has 0 fully saturated rings. The average Bonchev–Trinajstić information content (AvgIpc) is 3.00. The van der Waals surface area contributed by atoms with Crippen molar-refractivity contribution in [2.45, 2.75) is 25.3 Å². The molecule has 1 aliphatic heterocycles. The van der Waals surface area contributed by atoms with E-state index < -0.39 is 18.1 Å². The largest absolute Gasteiger partial charge is 0.480 e. The minimum atomic E-state index is -1.01. The van der Waals surface area contributed by atoms with Crippen LogP contribution in [-0.2, 0) is 9.53 Å². The van der Waals surface area contributed by atoms with Crippen LogP contribution >= 0.6 is 0 Å². The number of benzene rings is 1. The standard InChI is InChI=1S/C18H19NO4/c1-3-9-23-18(22)19-15-8-7-11(2)10-14(15)12-5-4-6-13(12)16(19)17(20)21/h3-5,7-8,10,12-13,16H,1,6,9H2,2H3,(H,20,21)/t12-,13+,16-/m0/s1. The predicted octanol–water partition coefficient (Wildman–Crippen LogP) is 3.25. The van der Waals surface area contributed by atoms with Crippen LogP contribution in [0.4, 0.5) is 10.5 Å². The number of fused-ring (bicyclic) bond motifs is 3. The molecule has 3 rings (SSSR count). The number of allylic oxidation sites excluding steroid dienone is 2. The highest BCUT2D eigenvalue weighted by Crippen LogP contribution is 2.47. The molecular formula is C18H19NO4. The Balaban J connectivity index is 2.11. The third-order valence-electron chi connectivity index (χ3n) is 4.47. The number of carbonyl (C=O) groups excluding carboxylic acids is 1. The van der Waals surface area contributed by atoms with E-state index in [-0.39, 0.29) is 18.4 Å². The lowest BCUT2D eigenvalue weighted by Crippen LogP contribution is -2.53. The molecule has 2 aliphatic rings. The van der Waals surface area contributed by atoms with E-state index in [1.807, 2.05) is 31.2 Å². The number of carboxylic acid groups (broad SMARTS) is 1. The Morgan fingerprint density at radius 1 is 1.48 bits per heavy atom. The molecule has 0 radical (unpaired) electrons. The second-order valence-corrected chi connectivity index (χ2v) is 5.93. The van der Waals surface area contributed by atoms with Gasteiger partial charge in [-0.05, 0) is 25.0 Å². The lowest BCUT2D eigenvalue weighted by molar-refractivity contribution is -0.140. The number of amides is 1. The van der Waals surface area contributed by atoms with Gasteiger partial charge in [-0.3, -0.25) is 4.90 Å². The number of ether oxygens (including phenoxy) is 1. The summed E-state index contributed by atoms with van der Waals surface area (Å²) >= 11 is 0. The van der Waals surface area contributed by atoms with Gasteiger partial charge in [-0.2, -0.15) is 0 Å². The second kappa shape index (κ2) is 5.91. The zero-order chi connectivity index (χ0) is 16.6. The molecular weight excluding hydrogens is 294 g/mol. The fraction of sp³-hybridized carbons (Fsp3) is 0.333. The highest BCUT2D eigenvalue weighted by atomic mass is 16.6. The maximum absolute atomic E-state index is 12.5. The Morgan fingerprint density at radius 2 is 2.26 bits per heavy atom. The highest BCUT2D eigenvalue weighted by Gasteiger charge is 2.48. The fourth-order valence-electron chi connectivity index (χ4n) is 3.54. The van der Waals surface area contributed by atoms with E-state index in [2.05, 4.69) is 6.58 Å². The third kappa shape index (κ3) is 2.52. The number of anilines is 1. The molecule has 0 unspecified atom stereocenters. The van der Waals surface area contributed by atoms with E-state index >= 15 is 0 Å². The number of carbonyl (C=O) groups is 2. The van der Waals surface area contributed by atoms with Crippen LogP contribution in [0, 0.1) is 12.8 Å². The fourth-order valence-corrected chi connectivity index (χ4v) is 3.54. The van der Waals surface area contributed by atoms with Crippen LogP contribution in [0.2, 0.25) is 0 Å². The molecule has 0 aromatic heterocycles. The Morgan fingerprint density at radius 3 is 2.96 bits per heavy atom. The maximum Gasteiger partial charge on any atom is 0.415 e. The summed E-state index contributed by atoms with van der Waals surface area (Å²) < 4.78 is 5.13. The van der Waals surface area contributed by atoms with Gasteiger partial charge in [0, 0.05) is 11.8 Å². The van der Waals surface area contributed by atoms with E-state index in [9.17, 15) is 14.7 Å². The average molecular weight is 313 g/mol. The first-order valence-corrected chi connectivity index (χ1v) is 7.61. The monoisotopic (exact) mass is 313 g/mol. The Kier molecular flexibility index (Phi) is 3.94. The zero-order valence-corrected chi connectivity index (χ0v) is 12.9. The number of aryl methyl sites for hydroxylation is 1. The lowest BCUT2D eigenvalue weighted by Gasteiger charge is -2.41. The van der Waals surface area contributed by atoms with Crippen molar-refractivity contribution in [3.05, 3.63) is 54.1 Å². The lowest BCUT2D eigenvalue weighted by atomic mass is 9.78. The predicted molar refractivity (Wildman–Crippen MR) is 86.6 cm³/mol. The van der Waals surface area contributed by atoms with Crippen LogP contribution in [0.5, 0.6) is 0 Å². The Labute approximate surface area is 134 Å². The van der Waals surface area contributed by atoms with Gasteiger partial charge in [-0.25, -0.2) is 9.59 Å². The van der Waals surface area contributed by atoms with Crippen LogP contribution in [0.25, 0.3) is 0 Å². The summed E-state index contributed by atoms with van der Waals surface area (Å²) in [4.78, 5) is 25.6. The summed E-state index contributed by atoms with van der Waals surface area (Å²) in [6.45, 7) is 5.55. The summed E-state index contributed by atoms with van der Waals surface area (Å²) in [7, 11) is 0. The van der Waals surface area contributed by atoms with Crippen LogP contribution in [-0.4, -0.2) is 29.8 Å². The molecule has 0 spiro atoms. The van der Waals surface area contributed by atoms with E-state index in [1.54, 1.807) is 6.07 Å². The van der Waals surface area contributed by atoms with Gasteiger partial charge in [0.25, 0.3) is 0 Å². The van der Waals surface area contributed by atoms with Gasteiger partial charge < -0.3 is 9.84 Å². The molecule has 0 saturated carbocycles. The van der Waals surface area contributed by atoms with Gasteiger partial charge in [-0.15, -0.1) is 0 Å². The van der Waals surface area contributed by atoms with Gasteiger partial charge >= 0.3 is 12.1 Å². The van der Waals surface area contributed by atoms with Crippen LogP contribution in [0.1, 0.15) is 23.5 Å². The van der Waals surface area contributed by atoms with E-state index in [0.717, 1.165) is 11.1 Å². The maximum atomic E-state index is 12.5. The number of rotatable bonds is 3. The Hall–Kier alpha value is -2.56. The molecule has 1 amide bonds. The van der Waals surface area contributed by atoms with E-state index in [1.165, 1.54) is 11.0 Å². The van der Waals surface area contributed by atoms with Crippen molar-refractivity contribution in [1.29, 1.82) is 0 Å². The smallest absolute Gasteiger partial charge is 0.415 e.